The van der Waals surface area contributed by atoms with Gasteiger partial charge in [0.1, 0.15) is 12.4 Å². The number of benzene rings is 1. The van der Waals surface area contributed by atoms with Gasteiger partial charge in [-0.1, -0.05) is 24.1 Å². The summed E-state index contributed by atoms with van der Waals surface area (Å²) in [6.07, 6.45) is 4.63. The zero-order chi connectivity index (χ0) is 12.8. The minimum Gasteiger partial charge on any atom is -0.491 e. The van der Waals surface area contributed by atoms with Gasteiger partial charge in [0.25, 0.3) is 0 Å². The van der Waals surface area contributed by atoms with Gasteiger partial charge in [0.2, 0.25) is 0 Å². The van der Waals surface area contributed by atoms with Crippen LogP contribution >= 0.6 is 11.6 Å². The summed E-state index contributed by atoms with van der Waals surface area (Å²) in [5, 5.41) is 0.445. The molecule has 0 aliphatic carbocycles. The molecule has 2 rings (SSSR count). The largest absolute Gasteiger partial charge is 0.491 e. The number of nitrogens with zero attached hydrogens (tertiary/aromatic N) is 1. The van der Waals surface area contributed by atoms with E-state index in [1.807, 2.05) is 0 Å². The van der Waals surface area contributed by atoms with Crippen LogP contribution in [0, 0.1) is 0 Å². The molecule has 0 saturated carbocycles. The highest BCUT2D eigenvalue weighted by Crippen LogP contribution is 2.24. The summed E-state index contributed by atoms with van der Waals surface area (Å²) in [5.41, 5.74) is 0.442. The smallest absolute Gasteiger partial charge is 0.155 e. The fraction of sp³-hybridized carbons (Fsp3) is 0.500. The average molecular weight is 268 g/mol. The number of aldehydes is 1. The Morgan fingerprint density at radius 3 is 2.78 bits per heavy atom. The summed E-state index contributed by atoms with van der Waals surface area (Å²) in [6, 6.07) is 5.28. The summed E-state index contributed by atoms with van der Waals surface area (Å²) in [6.45, 7) is 3.81. The van der Waals surface area contributed by atoms with Crippen LogP contribution in [0.25, 0.3) is 0 Å². The van der Waals surface area contributed by atoms with Crippen molar-refractivity contribution in [2.45, 2.75) is 19.3 Å². The average Bonchev–Trinajstić information content (AvgIpc) is 2.40. The summed E-state index contributed by atoms with van der Waals surface area (Å²) in [5.74, 6) is 0.578. The van der Waals surface area contributed by atoms with E-state index in [4.69, 9.17) is 16.3 Å². The maximum absolute atomic E-state index is 10.9. The van der Waals surface area contributed by atoms with Crippen molar-refractivity contribution in [3.8, 4) is 5.75 Å². The molecule has 0 bridgehead atoms. The highest BCUT2D eigenvalue weighted by molar-refractivity contribution is 6.33. The van der Waals surface area contributed by atoms with Gasteiger partial charge in [-0.15, -0.1) is 0 Å². The van der Waals surface area contributed by atoms with E-state index in [1.165, 1.54) is 19.3 Å². The third-order valence-electron chi connectivity index (χ3n) is 3.24. The lowest BCUT2D eigenvalue weighted by molar-refractivity contribution is 0.111. The van der Waals surface area contributed by atoms with Gasteiger partial charge < -0.3 is 4.74 Å². The number of carbonyl (C=O) groups excluding carboxylic acids is 1. The van der Waals surface area contributed by atoms with Crippen molar-refractivity contribution in [3.63, 3.8) is 0 Å². The first-order valence-electron chi connectivity index (χ1n) is 6.40. The Kier molecular flexibility index (Phi) is 5.02. The summed E-state index contributed by atoms with van der Waals surface area (Å²) >= 11 is 5.94. The number of likely N-dealkylation sites (tertiary alicyclic amines) is 1. The van der Waals surface area contributed by atoms with Gasteiger partial charge in [-0.2, -0.15) is 0 Å². The molecule has 1 aromatic carbocycles. The summed E-state index contributed by atoms with van der Waals surface area (Å²) < 4.78 is 5.65. The molecular weight excluding hydrogens is 250 g/mol. The second-order valence-corrected chi connectivity index (χ2v) is 4.93. The maximum atomic E-state index is 10.9. The van der Waals surface area contributed by atoms with Gasteiger partial charge in [-0.3, -0.25) is 9.69 Å². The van der Waals surface area contributed by atoms with Crippen LogP contribution in [0.15, 0.2) is 18.2 Å². The first kappa shape index (κ1) is 13.4. The van der Waals surface area contributed by atoms with Gasteiger partial charge >= 0.3 is 0 Å². The molecule has 1 aliphatic rings. The zero-order valence-electron chi connectivity index (χ0n) is 10.4. The van der Waals surface area contributed by atoms with Crippen LogP contribution < -0.4 is 4.74 Å². The maximum Gasteiger partial charge on any atom is 0.155 e. The molecule has 0 amide bonds. The van der Waals surface area contributed by atoms with E-state index in [1.54, 1.807) is 18.2 Å². The van der Waals surface area contributed by atoms with Crippen molar-refractivity contribution in [3.05, 3.63) is 28.8 Å². The summed E-state index contributed by atoms with van der Waals surface area (Å²) in [7, 11) is 0. The highest BCUT2D eigenvalue weighted by atomic mass is 35.5. The molecule has 0 N–H and O–H groups in total. The molecule has 0 atom stereocenters. The van der Waals surface area contributed by atoms with Crippen molar-refractivity contribution >= 4 is 17.9 Å². The Hall–Kier alpha value is -1.06. The molecule has 0 unspecified atom stereocenters. The van der Waals surface area contributed by atoms with Crippen LogP contribution in [-0.4, -0.2) is 37.4 Å². The first-order valence-corrected chi connectivity index (χ1v) is 6.78. The summed E-state index contributed by atoms with van der Waals surface area (Å²) in [4.78, 5) is 13.3. The number of hydrogen-bond donors (Lipinski definition) is 0. The van der Waals surface area contributed by atoms with Crippen LogP contribution in [0.2, 0.25) is 5.02 Å². The zero-order valence-corrected chi connectivity index (χ0v) is 11.2. The van der Waals surface area contributed by atoms with Crippen molar-refractivity contribution in [2.24, 2.45) is 0 Å². The molecule has 0 aromatic heterocycles. The standard InChI is InChI=1S/C14H18ClNO2/c15-13-5-4-6-14(12(13)11-17)18-10-9-16-7-2-1-3-8-16/h4-6,11H,1-3,7-10H2. The molecule has 3 nitrogen and oxygen atoms in total. The van der Waals surface area contributed by atoms with E-state index < -0.39 is 0 Å². The number of hydrogen-bond acceptors (Lipinski definition) is 3. The Labute approximate surface area is 113 Å². The lowest BCUT2D eigenvalue weighted by atomic mass is 10.1. The van der Waals surface area contributed by atoms with Crippen LogP contribution in [0.5, 0.6) is 5.75 Å². The molecular formula is C14H18ClNO2. The first-order chi connectivity index (χ1) is 8.81. The second-order valence-electron chi connectivity index (χ2n) is 4.52. The Morgan fingerprint density at radius 2 is 2.06 bits per heavy atom. The predicted molar refractivity (Wildman–Crippen MR) is 72.6 cm³/mol. The lowest BCUT2D eigenvalue weighted by Gasteiger charge is -2.26. The van der Waals surface area contributed by atoms with E-state index in [-0.39, 0.29) is 0 Å². The number of carbonyl (C=O) groups is 1. The number of halogens is 1. The molecule has 98 valence electrons. The predicted octanol–water partition coefficient (Wildman–Crippen LogP) is 3.02. The van der Waals surface area contributed by atoms with E-state index in [0.29, 0.717) is 22.9 Å². The van der Waals surface area contributed by atoms with Gasteiger partial charge in [0.05, 0.1) is 10.6 Å². The van der Waals surface area contributed by atoms with Crippen molar-refractivity contribution < 1.29 is 9.53 Å². The van der Waals surface area contributed by atoms with Gasteiger partial charge in [0, 0.05) is 6.54 Å². The SMILES string of the molecule is O=Cc1c(Cl)cccc1OCCN1CCCCC1. The molecule has 1 aliphatic heterocycles. The molecule has 0 radical (unpaired) electrons. The topological polar surface area (TPSA) is 29.5 Å². The highest BCUT2D eigenvalue weighted by Gasteiger charge is 2.11. The Bertz CT molecular complexity index is 403. The van der Waals surface area contributed by atoms with E-state index >= 15 is 0 Å². The minimum atomic E-state index is 0.442. The third-order valence-corrected chi connectivity index (χ3v) is 3.57. The molecule has 0 spiro atoms. The lowest BCUT2D eigenvalue weighted by Crippen LogP contribution is -2.33. The van der Waals surface area contributed by atoms with Gasteiger partial charge in [-0.25, -0.2) is 0 Å². The third kappa shape index (κ3) is 3.47. The molecule has 1 heterocycles. The minimum absolute atomic E-state index is 0.442. The van der Waals surface area contributed by atoms with Gasteiger partial charge in [0.15, 0.2) is 6.29 Å². The van der Waals surface area contributed by atoms with Crippen LogP contribution in [0.4, 0.5) is 0 Å². The fourth-order valence-corrected chi connectivity index (χ4v) is 2.44. The van der Waals surface area contributed by atoms with E-state index in [0.717, 1.165) is 25.9 Å². The second kappa shape index (κ2) is 6.76. The number of ether oxygens (including phenoxy) is 1. The molecule has 4 heteroatoms. The molecule has 1 fully saturated rings. The van der Waals surface area contributed by atoms with Crippen molar-refractivity contribution in [2.75, 3.05) is 26.2 Å². The normalized spacial score (nSPS) is 16.5. The van der Waals surface area contributed by atoms with Crippen LogP contribution in [0.1, 0.15) is 29.6 Å². The van der Waals surface area contributed by atoms with Gasteiger partial charge in [-0.05, 0) is 38.1 Å². The Balaban J connectivity index is 1.86. The molecule has 1 aromatic rings. The van der Waals surface area contributed by atoms with Crippen molar-refractivity contribution in [1.29, 1.82) is 0 Å². The Morgan fingerprint density at radius 1 is 1.28 bits per heavy atom. The monoisotopic (exact) mass is 267 g/mol. The van der Waals surface area contributed by atoms with Crippen LogP contribution in [0.3, 0.4) is 0 Å². The van der Waals surface area contributed by atoms with Crippen LogP contribution in [-0.2, 0) is 0 Å². The fourth-order valence-electron chi connectivity index (χ4n) is 2.23. The molecule has 18 heavy (non-hydrogen) atoms. The number of rotatable bonds is 5. The van der Waals surface area contributed by atoms with E-state index in [2.05, 4.69) is 4.90 Å². The van der Waals surface area contributed by atoms with E-state index in [9.17, 15) is 4.79 Å². The number of piperidine rings is 1. The quantitative estimate of drug-likeness (QED) is 0.768. The molecule has 1 saturated heterocycles. The van der Waals surface area contributed by atoms with Crippen molar-refractivity contribution in [1.82, 2.24) is 4.90 Å².